The Bertz CT molecular complexity index is 921. The van der Waals surface area contributed by atoms with Gasteiger partial charge in [-0.25, -0.2) is 4.39 Å². The molecule has 2 atom stereocenters. The van der Waals surface area contributed by atoms with Crippen LogP contribution < -0.4 is 10.6 Å². The lowest BCUT2D eigenvalue weighted by atomic mass is 9.86. The third kappa shape index (κ3) is 4.23. The maximum absolute atomic E-state index is 13.6. The lowest BCUT2D eigenvalue weighted by molar-refractivity contribution is -0.121. The molecule has 0 fully saturated rings. The maximum atomic E-state index is 13.6. The highest BCUT2D eigenvalue weighted by atomic mass is 19.1. The number of rotatable bonds is 4. The largest absolute Gasteiger partial charge is 0.389 e. The van der Waals surface area contributed by atoms with Crippen molar-refractivity contribution in [3.05, 3.63) is 76.7 Å². The van der Waals surface area contributed by atoms with Crippen LogP contribution in [0.4, 0.5) is 10.1 Å². The van der Waals surface area contributed by atoms with Crippen molar-refractivity contribution < 1.29 is 19.1 Å². The van der Waals surface area contributed by atoms with Gasteiger partial charge in [0.2, 0.25) is 5.91 Å². The molecule has 6 heteroatoms. The number of benzene rings is 2. The Labute approximate surface area is 156 Å². The molecule has 1 heterocycles. The summed E-state index contributed by atoms with van der Waals surface area (Å²) in [6, 6.07) is 11.2. The van der Waals surface area contributed by atoms with Crippen LogP contribution in [-0.4, -0.2) is 16.9 Å². The standard InChI is InChI=1S/C21H21FN2O3/c1-12-6-7-16(9-17(12)13(2)25)24-21(27)19-11-23-20(26)10-18(19)14-4-3-5-15(22)8-14/h3-9,11,13,18,25H,10H2,1-2H3,(H,23,26)(H,24,27)/t13?,18-/m0/s1. The van der Waals surface area contributed by atoms with E-state index in [0.29, 0.717) is 16.8 Å². The minimum absolute atomic E-state index is 0.0650. The van der Waals surface area contributed by atoms with Gasteiger partial charge >= 0.3 is 0 Å². The highest BCUT2D eigenvalue weighted by Gasteiger charge is 2.29. The number of hydrogen-bond donors (Lipinski definition) is 3. The first-order chi connectivity index (χ1) is 12.8. The Hall–Kier alpha value is -2.99. The van der Waals surface area contributed by atoms with Crippen molar-refractivity contribution >= 4 is 17.5 Å². The van der Waals surface area contributed by atoms with E-state index in [9.17, 15) is 19.1 Å². The number of carbonyl (C=O) groups excluding carboxylic acids is 2. The van der Waals surface area contributed by atoms with Crippen molar-refractivity contribution in [2.75, 3.05) is 5.32 Å². The zero-order valence-corrected chi connectivity index (χ0v) is 15.1. The van der Waals surface area contributed by atoms with Crippen LogP contribution in [0.1, 0.15) is 42.1 Å². The highest BCUT2D eigenvalue weighted by Crippen LogP contribution is 2.31. The quantitative estimate of drug-likeness (QED) is 0.775. The van der Waals surface area contributed by atoms with Gasteiger partial charge in [0.15, 0.2) is 0 Å². The molecule has 27 heavy (non-hydrogen) atoms. The average molecular weight is 368 g/mol. The molecule has 3 N–H and O–H groups in total. The van der Waals surface area contributed by atoms with Crippen molar-refractivity contribution in [1.29, 1.82) is 0 Å². The number of halogens is 1. The van der Waals surface area contributed by atoms with E-state index >= 15 is 0 Å². The van der Waals surface area contributed by atoms with Gasteiger partial charge in [0.05, 0.1) is 6.10 Å². The van der Waals surface area contributed by atoms with Crippen LogP contribution in [0.25, 0.3) is 0 Å². The fourth-order valence-corrected chi connectivity index (χ4v) is 3.23. The van der Waals surface area contributed by atoms with Crippen LogP contribution in [0, 0.1) is 12.7 Å². The van der Waals surface area contributed by atoms with Crippen LogP contribution in [0.15, 0.2) is 54.2 Å². The van der Waals surface area contributed by atoms with Crippen molar-refractivity contribution in [2.45, 2.75) is 32.3 Å². The fraction of sp³-hybridized carbons (Fsp3) is 0.238. The van der Waals surface area contributed by atoms with Crippen molar-refractivity contribution in [3.63, 3.8) is 0 Å². The second-order valence-electron chi connectivity index (χ2n) is 6.68. The van der Waals surface area contributed by atoms with Gasteiger partial charge < -0.3 is 15.7 Å². The number of aryl methyl sites for hydroxylation is 1. The van der Waals surface area contributed by atoms with E-state index in [2.05, 4.69) is 10.6 Å². The van der Waals surface area contributed by atoms with Crippen LogP contribution in [0.3, 0.4) is 0 Å². The molecule has 0 radical (unpaired) electrons. The molecule has 0 spiro atoms. The third-order valence-corrected chi connectivity index (χ3v) is 4.65. The van der Waals surface area contributed by atoms with Crippen molar-refractivity contribution in [2.24, 2.45) is 0 Å². The Morgan fingerprint density at radius 2 is 2.07 bits per heavy atom. The van der Waals surface area contributed by atoms with E-state index in [4.69, 9.17) is 0 Å². The molecule has 0 bridgehead atoms. The van der Waals surface area contributed by atoms with Gasteiger partial charge in [-0.1, -0.05) is 18.2 Å². The van der Waals surface area contributed by atoms with Gasteiger partial charge in [-0.05, 0) is 54.8 Å². The predicted octanol–water partition coefficient (Wildman–Crippen LogP) is 3.31. The Morgan fingerprint density at radius 1 is 1.30 bits per heavy atom. The molecular formula is C21H21FN2O3. The molecule has 2 aromatic carbocycles. The van der Waals surface area contributed by atoms with E-state index in [-0.39, 0.29) is 18.2 Å². The lowest BCUT2D eigenvalue weighted by Crippen LogP contribution is -2.32. The summed E-state index contributed by atoms with van der Waals surface area (Å²) in [4.78, 5) is 24.6. The Kier molecular flexibility index (Phi) is 5.37. The van der Waals surface area contributed by atoms with Crippen molar-refractivity contribution in [1.82, 2.24) is 5.32 Å². The van der Waals surface area contributed by atoms with Crippen molar-refractivity contribution in [3.8, 4) is 0 Å². The Balaban J connectivity index is 1.88. The molecule has 3 rings (SSSR count). The zero-order chi connectivity index (χ0) is 19.6. The number of aliphatic hydroxyl groups excluding tert-OH is 1. The molecule has 2 amide bonds. The summed E-state index contributed by atoms with van der Waals surface area (Å²) in [7, 11) is 0. The summed E-state index contributed by atoms with van der Waals surface area (Å²) in [5.74, 6) is -1.56. The molecule has 140 valence electrons. The molecule has 1 aliphatic heterocycles. The first-order valence-electron chi connectivity index (χ1n) is 8.70. The molecule has 0 aromatic heterocycles. The van der Waals surface area contributed by atoms with Crippen LogP contribution in [-0.2, 0) is 9.59 Å². The molecule has 0 saturated carbocycles. The molecule has 0 aliphatic carbocycles. The van der Waals surface area contributed by atoms with Crippen LogP contribution in [0.5, 0.6) is 0 Å². The van der Waals surface area contributed by atoms with E-state index in [1.165, 1.54) is 18.3 Å². The number of carbonyl (C=O) groups is 2. The summed E-state index contributed by atoms with van der Waals surface area (Å²) in [5, 5.41) is 15.2. The number of nitrogens with one attached hydrogen (secondary N) is 2. The SMILES string of the molecule is Cc1ccc(NC(=O)C2=CNC(=O)C[C@H]2c2cccc(F)c2)cc1C(C)O. The van der Waals surface area contributed by atoms with Gasteiger partial charge in [-0.3, -0.25) is 9.59 Å². The minimum Gasteiger partial charge on any atom is -0.389 e. The Morgan fingerprint density at radius 3 is 2.78 bits per heavy atom. The van der Waals surface area contributed by atoms with E-state index in [1.54, 1.807) is 31.2 Å². The molecule has 0 saturated heterocycles. The topological polar surface area (TPSA) is 78.4 Å². The minimum atomic E-state index is -0.657. The first-order valence-corrected chi connectivity index (χ1v) is 8.70. The molecule has 1 aliphatic rings. The number of aliphatic hydroxyl groups is 1. The lowest BCUT2D eigenvalue weighted by Gasteiger charge is -2.24. The predicted molar refractivity (Wildman–Crippen MR) is 100 cm³/mol. The van der Waals surface area contributed by atoms with E-state index in [1.807, 2.05) is 13.0 Å². The number of hydrogen-bond acceptors (Lipinski definition) is 3. The molecular weight excluding hydrogens is 347 g/mol. The monoisotopic (exact) mass is 368 g/mol. The summed E-state index contributed by atoms with van der Waals surface area (Å²) in [6.45, 7) is 3.54. The van der Waals surface area contributed by atoms with Crippen LogP contribution >= 0.6 is 0 Å². The number of anilines is 1. The molecule has 5 nitrogen and oxygen atoms in total. The number of amides is 2. The van der Waals surface area contributed by atoms with E-state index < -0.39 is 17.8 Å². The van der Waals surface area contributed by atoms with Gasteiger partial charge in [-0.15, -0.1) is 0 Å². The first kappa shape index (κ1) is 18.8. The molecule has 1 unspecified atom stereocenters. The summed E-state index contributed by atoms with van der Waals surface area (Å²) in [6.07, 6.45) is 0.783. The summed E-state index contributed by atoms with van der Waals surface area (Å²) >= 11 is 0. The second kappa shape index (κ2) is 7.72. The summed E-state index contributed by atoms with van der Waals surface area (Å²) in [5.41, 5.74) is 3.10. The zero-order valence-electron chi connectivity index (χ0n) is 15.1. The fourth-order valence-electron chi connectivity index (χ4n) is 3.23. The van der Waals surface area contributed by atoms with Crippen LogP contribution in [0.2, 0.25) is 0 Å². The smallest absolute Gasteiger partial charge is 0.253 e. The normalized spacial score (nSPS) is 17.7. The van der Waals surface area contributed by atoms with Gasteiger partial charge in [0.1, 0.15) is 5.82 Å². The highest BCUT2D eigenvalue weighted by molar-refractivity contribution is 6.06. The molecule has 2 aromatic rings. The average Bonchev–Trinajstić information content (AvgIpc) is 2.63. The second-order valence-corrected chi connectivity index (χ2v) is 6.68. The van der Waals surface area contributed by atoms with Gasteiger partial charge in [0, 0.05) is 29.8 Å². The maximum Gasteiger partial charge on any atom is 0.253 e. The van der Waals surface area contributed by atoms with E-state index in [0.717, 1.165) is 11.1 Å². The summed E-state index contributed by atoms with van der Waals surface area (Å²) < 4.78 is 13.6. The van der Waals surface area contributed by atoms with Gasteiger partial charge in [-0.2, -0.15) is 0 Å². The third-order valence-electron chi connectivity index (χ3n) is 4.65. The van der Waals surface area contributed by atoms with Gasteiger partial charge in [0.25, 0.3) is 5.91 Å².